The van der Waals surface area contributed by atoms with E-state index in [2.05, 4.69) is 10.0 Å². The van der Waals surface area contributed by atoms with E-state index >= 15 is 0 Å². The summed E-state index contributed by atoms with van der Waals surface area (Å²) in [6, 6.07) is 20.6. The molecule has 0 radical (unpaired) electrons. The average Bonchev–Trinajstić information content (AvgIpc) is 2.80. The Labute approximate surface area is 195 Å². The van der Waals surface area contributed by atoms with Crippen molar-refractivity contribution in [2.24, 2.45) is 0 Å². The third-order valence-electron chi connectivity index (χ3n) is 5.27. The highest BCUT2D eigenvalue weighted by Crippen LogP contribution is 2.22. The van der Waals surface area contributed by atoms with Gasteiger partial charge >= 0.3 is 0 Å². The highest BCUT2D eigenvalue weighted by Gasteiger charge is 2.19. The molecule has 0 saturated carbocycles. The van der Waals surface area contributed by atoms with E-state index in [1.165, 1.54) is 12.1 Å². The lowest BCUT2D eigenvalue weighted by Gasteiger charge is -2.25. The first kappa shape index (κ1) is 24.3. The molecule has 174 valence electrons. The van der Waals surface area contributed by atoms with Gasteiger partial charge < -0.3 is 15.0 Å². The van der Waals surface area contributed by atoms with E-state index in [1.807, 2.05) is 62.3 Å². The first-order chi connectivity index (χ1) is 15.7. The van der Waals surface area contributed by atoms with E-state index in [-0.39, 0.29) is 22.4 Å². The van der Waals surface area contributed by atoms with Crippen LogP contribution in [0.3, 0.4) is 0 Å². The molecule has 0 aliphatic heterocycles. The van der Waals surface area contributed by atoms with Gasteiger partial charge in [-0.25, -0.2) is 8.42 Å². The number of sulfonamides is 1. The first-order valence-electron chi connectivity index (χ1n) is 10.5. The highest BCUT2D eigenvalue weighted by atomic mass is 32.2. The number of rotatable bonds is 9. The van der Waals surface area contributed by atoms with Gasteiger partial charge in [-0.05, 0) is 69.0 Å². The van der Waals surface area contributed by atoms with Gasteiger partial charge in [0.1, 0.15) is 5.75 Å². The van der Waals surface area contributed by atoms with Gasteiger partial charge in [0.25, 0.3) is 15.9 Å². The quantitative estimate of drug-likeness (QED) is 0.499. The van der Waals surface area contributed by atoms with Crippen molar-refractivity contribution in [1.29, 1.82) is 0 Å². The monoisotopic (exact) mass is 467 g/mol. The molecule has 3 aromatic rings. The Kier molecular flexibility index (Phi) is 7.73. The van der Waals surface area contributed by atoms with Gasteiger partial charge in [0.2, 0.25) is 0 Å². The van der Waals surface area contributed by atoms with Crippen LogP contribution in [0.4, 0.5) is 5.69 Å². The topological polar surface area (TPSA) is 87.7 Å². The minimum atomic E-state index is -3.83. The molecule has 0 heterocycles. The lowest BCUT2D eigenvalue weighted by Crippen LogP contribution is -2.34. The number of amides is 1. The van der Waals surface area contributed by atoms with Gasteiger partial charge in [-0.3, -0.25) is 9.52 Å². The third kappa shape index (κ3) is 6.34. The van der Waals surface area contributed by atoms with Crippen molar-refractivity contribution in [2.75, 3.05) is 32.5 Å². The first-order valence-corrected chi connectivity index (χ1v) is 12.0. The van der Waals surface area contributed by atoms with Crippen LogP contribution in [0.1, 0.15) is 27.5 Å². The average molecular weight is 468 g/mol. The lowest BCUT2D eigenvalue weighted by atomic mass is 10.1. The number of hydrogen-bond acceptors (Lipinski definition) is 5. The molecule has 0 spiro atoms. The second-order valence-corrected chi connectivity index (χ2v) is 9.65. The fraction of sp³-hybridized carbons (Fsp3) is 0.240. The molecule has 0 aromatic heterocycles. The highest BCUT2D eigenvalue weighted by molar-refractivity contribution is 7.92. The molecule has 7 nitrogen and oxygen atoms in total. The van der Waals surface area contributed by atoms with Crippen molar-refractivity contribution in [3.05, 3.63) is 89.5 Å². The predicted molar refractivity (Wildman–Crippen MR) is 130 cm³/mol. The molecule has 0 fully saturated rings. The molecule has 1 atom stereocenters. The standard InChI is InChI=1S/C25H29N3O4S/c1-18-11-13-21(14-12-18)27-33(30,31)23-10-6-8-20(16-23)25(29)26-17-24(28(2)3)19-7-5-9-22(15-19)32-4/h5-16,24,27H,17H2,1-4H3,(H,26,29). The van der Waals surface area contributed by atoms with Gasteiger partial charge in [0.05, 0.1) is 18.0 Å². The number of methoxy groups -OCH3 is 1. The van der Waals surface area contributed by atoms with Crippen molar-refractivity contribution in [3.63, 3.8) is 0 Å². The number of benzene rings is 3. The maximum Gasteiger partial charge on any atom is 0.261 e. The zero-order valence-electron chi connectivity index (χ0n) is 19.2. The molecule has 1 unspecified atom stereocenters. The molecule has 0 aliphatic carbocycles. The van der Waals surface area contributed by atoms with Crippen LogP contribution in [0.15, 0.2) is 77.7 Å². The van der Waals surface area contributed by atoms with Gasteiger partial charge in [-0.1, -0.05) is 35.9 Å². The number of nitrogens with one attached hydrogen (secondary N) is 2. The van der Waals surface area contributed by atoms with Crippen molar-refractivity contribution in [2.45, 2.75) is 17.9 Å². The van der Waals surface area contributed by atoms with Crippen LogP contribution in [-0.2, 0) is 10.0 Å². The summed E-state index contributed by atoms with van der Waals surface area (Å²) >= 11 is 0. The molecule has 0 aliphatic rings. The van der Waals surface area contributed by atoms with Crippen LogP contribution in [0, 0.1) is 6.92 Å². The predicted octanol–water partition coefficient (Wildman–Crippen LogP) is 3.84. The van der Waals surface area contributed by atoms with Crippen LogP contribution in [-0.4, -0.2) is 47.0 Å². The Bertz CT molecular complexity index is 1210. The summed E-state index contributed by atoms with van der Waals surface area (Å²) in [5, 5.41) is 2.91. The molecule has 0 bridgehead atoms. The normalized spacial score (nSPS) is 12.3. The van der Waals surface area contributed by atoms with E-state index in [0.717, 1.165) is 16.9 Å². The lowest BCUT2D eigenvalue weighted by molar-refractivity contribution is 0.0941. The Morgan fingerprint density at radius 3 is 2.36 bits per heavy atom. The van der Waals surface area contributed by atoms with Crippen LogP contribution in [0.25, 0.3) is 0 Å². The second kappa shape index (κ2) is 10.5. The molecule has 3 rings (SSSR count). The fourth-order valence-corrected chi connectivity index (χ4v) is 4.48. The van der Waals surface area contributed by atoms with Crippen molar-refractivity contribution in [3.8, 4) is 5.75 Å². The number of hydrogen-bond donors (Lipinski definition) is 2. The minimum Gasteiger partial charge on any atom is -0.497 e. The molecule has 1 amide bonds. The van der Waals surface area contributed by atoms with Crippen LogP contribution in [0.2, 0.25) is 0 Å². The molecule has 0 saturated heterocycles. The van der Waals surface area contributed by atoms with E-state index in [0.29, 0.717) is 12.2 Å². The maximum atomic E-state index is 12.8. The number of carbonyl (C=O) groups excluding carboxylic acids is 1. The zero-order chi connectivity index (χ0) is 24.0. The van der Waals surface area contributed by atoms with Crippen LogP contribution in [0.5, 0.6) is 5.75 Å². The number of aryl methyl sites for hydroxylation is 1. The minimum absolute atomic E-state index is 0.0210. The molecule has 33 heavy (non-hydrogen) atoms. The van der Waals surface area contributed by atoms with Crippen molar-refractivity contribution < 1.29 is 17.9 Å². The van der Waals surface area contributed by atoms with Crippen molar-refractivity contribution in [1.82, 2.24) is 10.2 Å². The number of anilines is 1. The summed E-state index contributed by atoms with van der Waals surface area (Å²) in [7, 11) is 1.64. The summed E-state index contributed by atoms with van der Waals surface area (Å²) in [6.07, 6.45) is 0. The number of carbonyl (C=O) groups is 1. The Hall–Kier alpha value is -3.36. The van der Waals surface area contributed by atoms with Crippen LogP contribution >= 0.6 is 0 Å². The van der Waals surface area contributed by atoms with E-state index < -0.39 is 10.0 Å². The van der Waals surface area contributed by atoms with Crippen molar-refractivity contribution >= 4 is 21.6 Å². The Morgan fingerprint density at radius 1 is 1.00 bits per heavy atom. The number of likely N-dealkylation sites (N-methyl/N-ethyl adjacent to an activating group) is 1. The Morgan fingerprint density at radius 2 is 1.70 bits per heavy atom. The molecular formula is C25H29N3O4S. The van der Waals surface area contributed by atoms with Gasteiger partial charge in [0.15, 0.2) is 0 Å². The van der Waals surface area contributed by atoms with E-state index in [9.17, 15) is 13.2 Å². The summed E-state index contributed by atoms with van der Waals surface area (Å²) in [5.41, 5.74) is 2.76. The molecule has 8 heteroatoms. The maximum absolute atomic E-state index is 12.8. The SMILES string of the molecule is COc1cccc(C(CNC(=O)c2cccc(S(=O)(=O)Nc3ccc(C)cc3)c2)N(C)C)c1. The van der Waals surface area contributed by atoms with Gasteiger partial charge in [-0.15, -0.1) is 0 Å². The second-order valence-electron chi connectivity index (χ2n) is 7.97. The van der Waals surface area contributed by atoms with E-state index in [1.54, 1.807) is 31.4 Å². The third-order valence-corrected chi connectivity index (χ3v) is 6.65. The summed E-state index contributed by atoms with van der Waals surface area (Å²) in [6.45, 7) is 2.27. The summed E-state index contributed by atoms with van der Waals surface area (Å²) < 4.78 is 33.5. The van der Waals surface area contributed by atoms with Crippen LogP contribution < -0.4 is 14.8 Å². The van der Waals surface area contributed by atoms with Gasteiger partial charge in [-0.2, -0.15) is 0 Å². The summed E-state index contributed by atoms with van der Waals surface area (Å²) in [5.74, 6) is 0.391. The number of ether oxygens (including phenoxy) is 1. The molecular weight excluding hydrogens is 438 g/mol. The molecule has 2 N–H and O–H groups in total. The fourth-order valence-electron chi connectivity index (χ4n) is 3.38. The zero-order valence-corrected chi connectivity index (χ0v) is 20.0. The van der Waals surface area contributed by atoms with E-state index in [4.69, 9.17) is 4.74 Å². The Balaban J connectivity index is 1.73. The van der Waals surface area contributed by atoms with Gasteiger partial charge in [0, 0.05) is 17.8 Å². The largest absolute Gasteiger partial charge is 0.497 e. The summed E-state index contributed by atoms with van der Waals surface area (Å²) in [4.78, 5) is 14.9. The smallest absolute Gasteiger partial charge is 0.261 e. The number of nitrogens with zero attached hydrogens (tertiary/aromatic N) is 1. The molecule has 3 aromatic carbocycles.